The molecule has 0 aromatic heterocycles. The van der Waals surface area contributed by atoms with Crippen LogP contribution in [0, 0.1) is 11.8 Å². The van der Waals surface area contributed by atoms with E-state index >= 15 is 0 Å². The standard InChI is InChI=1S/C6H8O2/c1-3-4-6(2)8-5-7/h5-6H,1-2H3. The van der Waals surface area contributed by atoms with E-state index in [9.17, 15) is 4.79 Å². The van der Waals surface area contributed by atoms with Crippen molar-refractivity contribution in [2.45, 2.75) is 20.0 Å². The lowest BCUT2D eigenvalue weighted by Crippen LogP contribution is -2.01. The summed E-state index contributed by atoms with van der Waals surface area (Å²) >= 11 is 0. The average molecular weight is 112 g/mol. The minimum Gasteiger partial charge on any atom is -0.452 e. The largest absolute Gasteiger partial charge is 0.452 e. The first-order valence-electron chi connectivity index (χ1n) is 2.32. The van der Waals surface area contributed by atoms with E-state index in [1.165, 1.54) is 0 Å². The summed E-state index contributed by atoms with van der Waals surface area (Å²) in [4.78, 5) is 9.60. The molecule has 2 nitrogen and oxygen atoms in total. The lowest BCUT2D eigenvalue weighted by atomic mass is 10.4. The lowest BCUT2D eigenvalue weighted by Gasteiger charge is -1.96. The molecular weight excluding hydrogens is 104 g/mol. The molecule has 0 radical (unpaired) electrons. The zero-order chi connectivity index (χ0) is 6.41. The molecule has 0 bridgehead atoms. The second kappa shape index (κ2) is 4.20. The van der Waals surface area contributed by atoms with Crippen LogP contribution in [0.5, 0.6) is 0 Å². The van der Waals surface area contributed by atoms with Gasteiger partial charge in [0.15, 0.2) is 6.10 Å². The third-order valence-electron chi connectivity index (χ3n) is 0.607. The van der Waals surface area contributed by atoms with Gasteiger partial charge in [-0.1, -0.05) is 5.92 Å². The quantitative estimate of drug-likeness (QED) is 0.385. The van der Waals surface area contributed by atoms with Gasteiger partial charge in [-0.2, -0.15) is 0 Å². The molecule has 0 N–H and O–H groups in total. The Balaban J connectivity index is 3.41. The molecule has 8 heavy (non-hydrogen) atoms. The van der Waals surface area contributed by atoms with Gasteiger partial charge in [0.1, 0.15) is 0 Å². The molecule has 0 aromatic carbocycles. The fraction of sp³-hybridized carbons (Fsp3) is 0.500. The van der Waals surface area contributed by atoms with Gasteiger partial charge in [-0.3, -0.25) is 4.79 Å². The summed E-state index contributed by atoms with van der Waals surface area (Å²) in [5.41, 5.74) is 0. The van der Waals surface area contributed by atoms with Crippen molar-refractivity contribution < 1.29 is 9.53 Å². The summed E-state index contributed by atoms with van der Waals surface area (Å²) in [6.07, 6.45) is -0.266. The maximum absolute atomic E-state index is 9.60. The molecule has 44 valence electrons. The summed E-state index contributed by atoms with van der Waals surface area (Å²) in [6.45, 7) is 3.81. The van der Waals surface area contributed by atoms with Gasteiger partial charge in [0.05, 0.1) is 0 Å². The fourth-order valence-corrected chi connectivity index (χ4v) is 0.321. The molecule has 0 saturated carbocycles. The Kier molecular flexibility index (Phi) is 3.69. The Morgan fingerprint density at radius 3 is 2.75 bits per heavy atom. The summed E-state index contributed by atoms with van der Waals surface area (Å²) in [5.74, 6) is 5.26. The van der Waals surface area contributed by atoms with E-state index < -0.39 is 0 Å². The predicted octanol–water partition coefficient (Wildman–Crippen LogP) is 0.571. The Labute approximate surface area is 48.8 Å². The van der Waals surface area contributed by atoms with Crippen LogP contribution in [-0.4, -0.2) is 12.6 Å². The van der Waals surface area contributed by atoms with Crippen LogP contribution >= 0.6 is 0 Å². The van der Waals surface area contributed by atoms with Gasteiger partial charge in [0, 0.05) is 0 Å². The van der Waals surface area contributed by atoms with Crippen LogP contribution in [0.15, 0.2) is 0 Å². The summed E-state index contributed by atoms with van der Waals surface area (Å²) in [5, 5.41) is 0. The Morgan fingerprint density at radius 2 is 2.38 bits per heavy atom. The van der Waals surface area contributed by atoms with Crippen LogP contribution in [0.2, 0.25) is 0 Å². The molecule has 0 aliphatic heterocycles. The molecular formula is C6H8O2. The van der Waals surface area contributed by atoms with Crippen molar-refractivity contribution in [3.05, 3.63) is 0 Å². The van der Waals surface area contributed by atoms with E-state index in [2.05, 4.69) is 16.6 Å². The first-order chi connectivity index (χ1) is 3.81. The predicted molar refractivity (Wildman–Crippen MR) is 30.1 cm³/mol. The third kappa shape index (κ3) is 3.23. The van der Waals surface area contributed by atoms with Crippen LogP contribution < -0.4 is 0 Å². The summed E-state index contributed by atoms with van der Waals surface area (Å²) < 4.78 is 4.43. The minimum absolute atomic E-state index is 0.266. The molecule has 0 aromatic rings. The van der Waals surface area contributed by atoms with E-state index in [0.717, 1.165) is 0 Å². The van der Waals surface area contributed by atoms with Crippen molar-refractivity contribution in [2.75, 3.05) is 0 Å². The SMILES string of the molecule is CC#CC(C)OC=O. The van der Waals surface area contributed by atoms with Crippen LogP contribution in [-0.2, 0) is 9.53 Å². The third-order valence-corrected chi connectivity index (χ3v) is 0.607. The topological polar surface area (TPSA) is 26.3 Å². The Hall–Kier alpha value is -0.970. The van der Waals surface area contributed by atoms with E-state index in [1.54, 1.807) is 13.8 Å². The molecule has 2 heteroatoms. The second-order valence-corrected chi connectivity index (χ2v) is 1.27. The van der Waals surface area contributed by atoms with Crippen LogP contribution in [0.25, 0.3) is 0 Å². The average Bonchev–Trinajstić information content (AvgIpc) is 1.68. The second-order valence-electron chi connectivity index (χ2n) is 1.27. The molecule has 1 unspecified atom stereocenters. The molecule has 0 aliphatic carbocycles. The highest BCUT2D eigenvalue weighted by Gasteiger charge is 1.89. The van der Waals surface area contributed by atoms with Crippen LogP contribution in [0.4, 0.5) is 0 Å². The van der Waals surface area contributed by atoms with Gasteiger partial charge >= 0.3 is 0 Å². The monoisotopic (exact) mass is 112 g/mol. The number of rotatable bonds is 2. The van der Waals surface area contributed by atoms with Gasteiger partial charge in [0.25, 0.3) is 6.47 Å². The van der Waals surface area contributed by atoms with Gasteiger partial charge < -0.3 is 4.74 Å². The Bertz CT molecular complexity index is 118. The minimum atomic E-state index is -0.266. The maximum atomic E-state index is 9.60. The molecule has 0 amide bonds. The van der Waals surface area contributed by atoms with Crippen molar-refractivity contribution in [3.8, 4) is 11.8 Å². The van der Waals surface area contributed by atoms with Crippen LogP contribution in [0.1, 0.15) is 13.8 Å². The lowest BCUT2D eigenvalue weighted by molar-refractivity contribution is -0.130. The van der Waals surface area contributed by atoms with Crippen molar-refractivity contribution in [1.29, 1.82) is 0 Å². The first-order valence-corrected chi connectivity index (χ1v) is 2.32. The normalized spacial score (nSPS) is 10.8. The van der Waals surface area contributed by atoms with Gasteiger partial charge in [0.2, 0.25) is 0 Å². The maximum Gasteiger partial charge on any atom is 0.294 e. The molecule has 0 spiro atoms. The molecule has 0 saturated heterocycles. The first kappa shape index (κ1) is 7.03. The summed E-state index contributed by atoms with van der Waals surface area (Å²) in [6, 6.07) is 0. The molecule has 0 fully saturated rings. The number of carbonyl (C=O) groups excluding carboxylic acids is 1. The van der Waals surface area contributed by atoms with E-state index in [-0.39, 0.29) is 6.10 Å². The number of carbonyl (C=O) groups is 1. The molecule has 0 rings (SSSR count). The van der Waals surface area contributed by atoms with Crippen molar-refractivity contribution in [2.24, 2.45) is 0 Å². The highest BCUT2D eigenvalue weighted by Crippen LogP contribution is 1.81. The van der Waals surface area contributed by atoms with Gasteiger partial charge in [-0.05, 0) is 13.8 Å². The van der Waals surface area contributed by atoms with E-state index in [0.29, 0.717) is 6.47 Å². The molecule has 0 aliphatic rings. The Morgan fingerprint density at radius 1 is 1.75 bits per heavy atom. The van der Waals surface area contributed by atoms with E-state index in [1.807, 2.05) is 0 Å². The van der Waals surface area contributed by atoms with Gasteiger partial charge in [-0.25, -0.2) is 0 Å². The highest BCUT2D eigenvalue weighted by molar-refractivity contribution is 5.38. The molecule has 0 heterocycles. The van der Waals surface area contributed by atoms with E-state index in [4.69, 9.17) is 0 Å². The smallest absolute Gasteiger partial charge is 0.294 e. The zero-order valence-corrected chi connectivity index (χ0v) is 4.97. The zero-order valence-electron chi connectivity index (χ0n) is 4.97. The van der Waals surface area contributed by atoms with Crippen molar-refractivity contribution >= 4 is 6.47 Å². The molecule has 1 atom stereocenters. The fourth-order valence-electron chi connectivity index (χ4n) is 0.321. The number of hydrogen-bond donors (Lipinski definition) is 0. The highest BCUT2D eigenvalue weighted by atomic mass is 16.5. The summed E-state index contributed by atoms with van der Waals surface area (Å²) in [7, 11) is 0. The van der Waals surface area contributed by atoms with Crippen molar-refractivity contribution in [3.63, 3.8) is 0 Å². The van der Waals surface area contributed by atoms with Gasteiger partial charge in [-0.15, -0.1) is 5.92 Å². The van der Waals surface area contributed by atoms with Crippen LogP contribution in [0.3, 0.4) is 0 Å². The van der Waals surface area contributed by atoms with Crippen molar-refractivity contribution in [1.82, 2.24) is 0 Å². The number of ether oxygens (including phenoxy) is 1. The number of hydrogen-bond acceptors (Lipinski definition) is 2.